The van der Waals surface area contributed by atoms with Crippen LogP contribution >= 0.6 is 0 Å². The molecular formula is C19H20N4. The van der Waals surface area contributed by atoms with Gasteiger partial charge in [0.25, 0.3) is 0 Å². The van der Waals surface area contributed by atoms with E-state index in [-0.39, 0.29) is 0 Å². The molecule has 0 aromatic heterocycles. The Labute approximate surface area is 135 Å². The summed E-state index contributed by atoms with van der Waals surface area (Å²) in [4.78, 5) is 0. The minimum atomic E-state index is 0.656. The largest absolute Gasteiger partial charge is 0.399 e. The number of rotatable bonds is 2. The molecule has 0 spiro atoms. The van der Waals surface area contributed by atoms with Crippen molar-refractivity contribution >= 4 is 22.7 Å². The zero-order chi connectivity index (χ0) is 16.6. The van der Waals surface area contributed by atoms with E-state index in [0.717, 1.165) is 39.2 Å². The molecule has 0 fully saturated rings. The summed E-state index contributed by atoms with van der Waals surface area (Å²) in [6.45, 7) is 2.03. The fourth-order valence-electron chi connectivity index (χ4n) is 2.94. The molecule has 0 aliphatic carbocycles. The highest BCUT2D eigenvalue weighted by Gasteiger charge is 2.15. The fourth-order valence-corrected chi connectivity index (χ4v) is 2.94. The van der Waals surface area contributed by atoms with Crippen molar-refractivity contribution in [3.63, 3.8) is 0 Å². The molecule has 0 unspecified atom stereocenters. The Kier molecular flexibility index (Phi) is 3.58. The van der Waals surface area contributed by atoms with Crippen LogP contribution in [-0.4, -0.2) is 0 Å². The van der Waals surface area contributed by atoms with Crippen LogP contribution in [0.5, 0.6) is 0 Å². The molecule has 4 heteroatoms. The Balaban J connectivity index is 2.24. The highest BCUT2D eigenvalue weighted by molar-refractivity contribution is 5.93. The van der Waals surface area contributed by atoms with Crippen LogP contribution in [0.1, 0.15) is 5.56 Å². The Bertz CT molecular complexity index is 780. The summed E-state index contributed by atoms with van der Waals surface area (Å²) in [5, 5.41) is 0. The molecule has 3 aromatic rings. The Morgan fingerprint density at radius 3 is 1.26 bits per heavy atom. The molecule has 0 heterocycles. The van der Waals surface area contributed by atoms with Gasteiger partial charge in [0.15, 0.2) is 0 Å². The van der Waals surface area contributed by atoms with Gasteiger partial charge in [0, 0.05) is 33.9 Å². The Hall–Kier alpha value is -3.14. The number of hydrogen-bond acceptors (Lipinski definition) is 4. The van der Waals surface area contributed by atoms with E-state index < -0.39 is 0 Å². The van der Waals surface area contributed by atoms with Gasteiger partial charge in [0.2, 0.25) is 0 Å². The van der Waals surface area contributed by atoms with Gasteiger partial charge in [-0.1, -0.05) is 24.3 Å². The molecule has 4 nitrogen and oxygen atoms in total. The predicted octanol–water partition coefficient (Wildman–Crippen LogP) is 3.66. The van der Waals surface area contributed by atoms with E-state index in [1.54, 1.807) is 0 Å². The van der Waals surface area contributed by atoms with Gasteiger partial charge in [-0.3, -0.25) is 0 Å². The fraction of sp³-hybridized carbons (Fsp3) is 0.0526. The second kappa shape index (κ2) is 5.57. The molecule has 0 saturated carbocycles. The second-order valence-electron chi connectivity index (χ2n) is 5.67. The Morgan fingerprint density at radius 1 is 0.565 bits per heavy atom. The van der Waals surface area contributed by atoms with E-state index in [0.29, 0.717) is 11.4 Å². The molecule has 0 atom stereocenters. The van der Waals surface area contributed by atoms with Gasteiger partial charge in [-0.05, 0) is 53.9 Å². The third-order valence-corrected chi connectivity index (χ3v) is 4.04. The van der Waals surface area contributed by atoms with Crippen LogP contribution in [0.15, 0.2) is 54.6 Å². The average molecular weight is 304 g/mol. The summed E-state index contributed by atoms with van der Waals surface area (Å²) >= 11 is 0. The smallest absolute Gasteiger partial charge is 0.0417 e. The highest BCUT2D eigenvalue weighted by Crippen LogP contribution is 2.40. The summed E-state index contributed by atoms with van der Waals surface area (Å²) < 4.78 is 0. The molecule has 0 saturated heterocycles. The van der Waals surface area contributed by atoms with Gasteiger partial charge in [-0.15, -0.1) is 0 Å². The van der Waals surface area contributed by atoms with Crippen molar-refractivity contribution in [3.05, 3.63) is 60.2 Å². The maximum atomic E-state index is 6.23. The van der Waals surface area contributed by atoms with Crippen molar-refractivity contribution < 1.29 is 0 Å². The van der Waals surface area contributed by atoms with Crippen molar-refractivity contribution in [1.82, 2.24) is 0 Å². The normalized spacial score (nSPS) is 10.7. The van der Waals surface area contributed by atoms with Crippen LogP contribution in [-0.2, 0) is 0 Å². The van der Waals surface area contributed by atoms with Gasteiger partial charge in [-0.25, -0.2) is 0 Å². The van der Waals surface area contributed by atoms with Crippen molar-refractivity contribution in [3.8, 4) is 22.3 Å². The summed E-state index contributed by atoms with van der Waals surface area (Å²) in [5.41, 5.74) is 31.8. The number of benzene rings is 3. The molecule has 0 aliphatic rings. The molecule has 0 radical (unpaired) electrons. The monoisotopic (exact) mass is 304 g/mol. The van der Waals surface area contributed by atoms with E-state index >= 15 is 0 Å². The lowest BCUT2D eigenvalue weighted by molar-refractivity contribution is 1.44. The molecule has 116 valence electrons. The lowest BCUT2D eigenvalue weighted by Gasteiger charge is -2.17. The first-order chi connectivity index (χ1) is 11.0. The van der Waals surface area contributed by atoms with E-state index in [4.69, 9.17) is 22.9 Å². The quantitative estimate of drug-likeness (QED) is 0.542. The SMILES string of the molecule is Cc1c(-c2ccc(N)cc2)c(N)cc(N)c1-c1ccc(N)cc1. The lowest BCUT2D eigenvalue weighted by Crippen LogP contribution is -2.01. The van der Waals surface area contributed by atoms with Gasteiger partial charge in [0.1, 0.15) is 0 Å². The second-order valence-corrected chi connectivity index (χ2v) is 5.67. The standard InChI is InChI=1S/C19H20N4/c1-11-18(12-2-6-14(20)7-3-12)16(22)10-17(23)19(11)13-4-8-15(21)9-5-13/h2-10H,20-23H2,1H3. The zero-order valence-electron chi connectivity index (χ0n) is 13.0. The summed E-state index contributed by atoms with van der Waals surface area (Å²) in [7, 11) is 0. The number of hydrogen-bond donors (Lipinski definition) is 4. The zero-order valence-corrected chi connectivity index (χ0v) is 13.0. The maximum Gasteiger partial charge on any atom is 0.0417 e. The maximum absolute atomic E-state index is 6.23. The van der Waals surface area contributed by atoms with Crippen LogP contribution < -0.4 is 22.9 Å². The van der Waals surface area contributed by atoms with Crippen molar-refractivity contribution in [2.75, 3.05) is 22.9 Å². The van der Waals surface area contributed by atoms with Gasteiger partial charge >= 0.3 is 0 Å². The van der Waals surface area contributed by atoms with Crippen molar-refractivity contribution in [2.24, 2.45) is 0 Å². The minimum absolute atomic E-state index is 0.656. The minimum Gasteiger partial charge on any atom is -0.399 e. The van der Waals surface area contributed by atoms with Crippen LogP contribution in [0.4, 0.5) is 22.7 Å². The predicted molar refractivity (Wildman–Crippen MR) is 99.7 cm³/mol. The van der Waals surface area contributed by atoms with Crippen LogP contribution in [0.3, 0.4) is 0 Å². The number of anilines is 4. The van der Waals surface area contributed by atoms with Crippen LogP contribution in [0.2, 0.25) is 0 Å². The first-order valence-corrected chi connectivity index (χ1v) is 7.37. The highest BCUT2D eigenvalue weighted by atomic mass is 14.6. The molecule has 0 bridgehead atoms. The third kappa shape index (κ3) is 2.66. The molecule has 0 aliphatic heterocycles. The van der Waals surface area contributed by atoms with E-state index in [9.17, 15) is 0 Å². The first-order valence-electron chi connectivity index (χ1n) is 7.37. The molecule has 0 amide bonds. The van der Waals surface area contributed by atoms with E-state index in [1.165, 1.54) is 0 Å². The Morgan fingerprint density at radius 2 is 0.913 bits per heavy atom. The number of nitrogen functional groups attached to an aromatic ring is 4. The summed E-state index contributed by atoms with van der Waals surface area (Å²) in [6.07, 6.45) is 0. The molecule has 8 N–H and O–H groups in total. The van der Waals surface area contributed by atoms with Gasteiger partial charge < -0.3 is 22.9 Å². The molecule has 3 rings (SSSR count). The topological polar surface area (TPSA) is 104 Å². The first kappa shape index (κ1) is 14.8. The van der Waals surface area contributed by atoms with Gasteiger partial charge in [-0.2, -0.15) is 0 Å². The molecule has 23 heavy (non-hydrogen) atoms. The van der Waals surface area contributed by atoms with Crippen LogP contribution in [0, 0.1) is 6.92 Å². The number of nitrogens with two attached hydrogens (primary N) is 4. The van der Waals surface area contributed by atoms with Crippen LogP contribution in [0.25, 0.3) is 22.3 Å². The van der Waals surface area contributed by atoms with Crippen molar-refractivity contribution in [1.29, 1.82) is 0 Å². The summed E-state index contributed by atoms with van der Waals surface area (Å²) in [5.74, 6) is 0. The van der Waals surface area contributed by atoms with E-state index in [1.807, 2.05) is 61.5 Å². The molecule has 3 aromatic carbocycles. The third-order valence-electron chi connectivity index (χ3n) is 4.04. The summed E-state index contributed by atoms with van der Waals surface area (Å²) in [6, 6.07) is 17.2. The average Bonchev–Trinajstić information content (AvgIpc) is 2.50. The van der Waals surface area contributed by atoms with E-state index in [2.05, 4.69) is 0 Å². The van der Waals surface area contributed by atoms with Gasteiger partial charge in [0.05, 0.1) is 0 Å². The molecular weight excluding hydrogens is 284 g/mol. The van der Waals surface area contributed by atoms with Crippen molar-refractivity contribution in [2.45, 2.75) is 6.92 Å². The lowest BCUT2D eigenvalue weighted by atomic mass is 9.90.